The van der Waals surface area contributed by atoms with Crippen molar-refractivity contribution in [3.63, 3.8) is 0 Å². The van der Waals surface area contributed by atoms with Crippen molar-refractivity contribution in [3.05, 3.63) is 35.9 Å². The van der Waals surface area contributed by atoms with Crippen molar-refractivity contribution >= 4 is 23.8 Å². The van der Waals surface area contributed by atoms with Crippen LogP contribution in [0, 0.1) is 0 Å². The van der Waals surface area contributed by atoms with Crippen molar-refractivity contribution in [3.8, 4) is 0 Å². The molecule has 2 aliphatic heterocycles. The zero-order valence-electron chi connectivity index (χ0n) is 18.1. The predicted molar refractivity (Wildman–Crippen MR) is 114 cm³/mol. The average molecular weight is 430 g/mol. The topological polar surface area (TPSA) is 96.0 Å². The third-order valence-corrected chi connectivity index (χ3v) is 5.95. The van der Waals surface area contributed by atoms with Crippen LogP contribution in [0.15, 0.2) is 30.3 Å². The smallest absolute Gasteiger partial charge is 0.326 e. The molecular formula is C23H31N3O5. The Morgan fingerprint density at radius 3 is 2.35 bits per heavy atom. The van der Waals surface area contributed by atoms with Crippen molar-refractivity contribution < 1.29 is 23.9 Å². The minimum absolute atomic E-state index is 0.236. The largest absolute Gasteiger partial charge is 0.454 e. The summed E-state index contributed by atoms with van der Waals surface area (Å²) in [5.74, 6) is -1.46. The summed E-state index contributed by atoms with van der Waals surface area (Å²) in [6.45, 7) is 2.13. The highest BCUT2D eigenvalue weighted by Gasteiger charge is 2.48. The van der Waals surface area contributed by atoms with Crippen LogP contribution in [-0.4, -0.2) is 65.4 Å². The van der Waals surface area contributed by atoms with Crippen LogP contribution in [0.3, 0.4) is 0 Å². The van der Waals surface area contributed by atoms with Gasteiger partial charge in [0, 0.05) is 13.1 Å². The summed E-state index contributed by atoms with van der Waals surface area (Å²) >= 11 is 0. The van der Waals surface area contributed by atoms with E-state index in [1.807, 2.05) is 30.3 Å². The second-order valence-electron chi connectivity index (χ2n) is 8.45. The number of likely N-dealkylation sites (tertiary alicyclic amines) is 1. The Morgan fingerprint density at radius 1 is 1.03 bits per heavy atom. The van der Waals surface area contributed by atoms with E-state index in [4.69, 9.17) is 4.74 Å². The molecule has 8 nitrogen and oxygen atoms in total. The second kappa shape index (κ2) is 10.4. The molecule has 0 saturated carbocycles. The van der Waals surface area contributed by atoms with Gasteiger partial charge in [0.05, 0.1) is 0 Å². The molecule has 0 bridgehead atoms. The quantitative estimate of drug-likeness (QED) is 0.530. The van der Waals surface area contributed by atoms with Crippen molar-refractivity contribution in [2.75, 3.05) is 26.2 Å². The third kappa shape index (κ3) is 6.06. The molecule has 0 unspecified atom stereocenters. The molecule has 1 atom stereocenters. The fourth-order valence-corrected chi connectivity index (χ4v) is 4.00. The molecule has 0 aliphatic carbocycles. The van der Waals surface area contributed by atoms with Gasteiger partial charge < -0.3 is 15.0 Å². The van der Waals surface area contributed by atoms with Crippen LogP contribution in [0.2, 0.25) is 0 Å². The van der Waals surface area contributed by atoms with E-state index in [1.165, 1.54) is 6.42 Å². The van der Waals surface area contributed by atoms with Crippen LogP contribution in [0.1, 0.15) is 51.0 Å². The lowest BCUT2D eigenvalue weighted by Crippen LogP contribution is -2.45. The normalized spacial score (nSPS) is 22.0. The molecule has 2 fully saturated rings. The molecule has 3 rings (SSSR count). The van der Waals surface area contributed by atoms with E-state index in [0.717, 1.165) is 36.1 Å². The van der Waals surface area contributed by atoms with E-state index in [2.05, 4.69) is 5.32 Å². The molecule has 0 spiro atoms. The lowest BCUT2D eigenvalue weighted by molar-refractivity contribution is -0.154. The SMILES string of the molecule is C[C@@]1(CCc2ccccc2)NC(=O)N(CC(=O)OCC(=O)N2CCCCCCC2)C1=O. The van der Waals surface area contributed by atoms with Gasteiger partial charge in [-0.25, -0.2) is 4.79 Å². The van der Waals surface area contributed by atoms with E-state index in [9.17, 15) is 19.2 Å². The number of imide groups is 1. The number of esters is 1. The first kappa shape index (κ1) is 22.8. The summed E-state index contributed by atoms with van der Waals surface area (Å²) in [6, 6.07) is 9.06. The van der Waals surface area contributed by atoms with Gasteiger partial charge in [-0.3, -0.25) is 19.3 Å². The van der Waals surface area contributed by atoms with Gasteiger partial charge in [-0.05, 0) is 38.2 Å². The Labute approximate surface area is 182 Å². The monoisotopic (exact) mass is 429 g/mol. The molecule has 1 aromatic carbocycles. The molecular weight excluding hydrogens is 398 g/mol. The van der Waals surface area contributed by atoms with Gasteiger partial charge in [-0.2, -0.15) is 0 Å². The highest BCUT2D eigenvalue weighted by atomic mass is 16.5. The van der Waals surface area contributed by atoms with Gasteiger partial charge in [0.25, 0.3) is 11.8 Å². The maximum absolute atomic E-state index is 12.8. The average Bonchev–Trinajstić information content (AvgIpc) is 2.94. The van der Waals surface area contributed by atoms with Crippen LogP contribution < -0.4 is 5.32 Å². The second-order valence-corrected chi connectivity index (χ2v) is 8.45. The Bertz CT molecular complexity index is 805. The molecule has 2 heterocycles. The fraction of sp³-hybridized carbons (Fsp3) is 0.565. The van der Waals surface area contributed by atoms with E-state index in [0.29, 0.717) is 25.9 Å². The number of hydrogen-bond donors (Lipinski definition) is 1. The number of amides is 4. The maximum atomic E-state index is 12.8. The zero-order valence-corrected chi connectivity index (χ0v) is 18.1. The van der Waals surface area contributed by atoms with Gasteiger partial charge in [-0.15, -0.1) is 0 Å². The summed E-state index contributed by atoms with van der Waals surface area (Å²) in [7, 11) is 0. The summed E-state index contributed by atoms with van der Waals surface area (Å²) in [5, 5.41) is 2.69. The van der Waals surface area contributed by atoms with Gasteiger partial charge >= 0.3 is 12.0 Å². The van der Waals surface area contributed by atoms with E-state index in [1.54, 1.807) is 11.8 Å². The summed E-state index contributed by atoms with van der Waals surface area (Å²) in [6.07, 6.45) is 6.31. The number of urea groups is 1. The number of carbonyl (C=O) groups excluding carboxylic acids is 4. The maximum Gasteiger partial charge on any atom is 0.326 e. The van der Waals surface area contributed by atoms with Crippen LogP contribution in [-0.2, 0) is 25.5 Å². The van der Waals surface area contributed by atoms with Crippen LogP contribution in [0.4, 0.5) is 4.79 Å². The summed E-state index contributed by atoms with van der Waals surface area (Å²) in [4.78, 5) is 52.3. The molecule has 0 radical (unpaired) electrons. The number of ether oxygens (including phenoxy) is 1. The lowest BCUT2D eigenvalue weighted by atomic mass is 9.93. The van der Waals surface area contributed by atoms with Gasteiger partial charge in [0.15, 0.2) is 6.61 Å². The first-order chi connectivity index (χ1) is 14.9. The van der Waals surface area contributed by atoms with E-state index < -0.39 is 30.0 Å². The Balaban J connectivity index is 1.48. The molecule has 168 valence electrons. The molecule has 1 aromatic rings. The third-order valence-electron chi connectivity index (χ3n) is 5.95. The van der Waals surface area contributed by atoms with Crippen molar-refractivity contribution in [2.24, 2.45) is 0 Å². The summed E-state index contributed by atoms with van der Waals surface area (Å²) < 4.78 is 5.08. The van der Waals surface area contributed by atoms with Gasteiger partial charge in [-0.1, -0.05) is 49.6 Å². The minimum atomic E-state index is -1.08. The first-order valence-electron chi connectivity index (χ1n) is 11.0. The highest BCUT2D eigenvalue weighted by Crippen LogP contribution is 2.23. The number of aryl methyl sites for hydroxylation is 1. The molecule has 2 aliphatic rings. The van der Waals surface area contributed by atoms with Crippen LogP contribution >= 0.6 is 0 Å². The number of nitrogens with zero attached hydrogens (tertiary/aromatic N) is 2. The zero-order chi connectivity index (χ0) is 22.3. The Morgan fingerprint density at radius 2 is 1.68 bits per heavy atom. The molecule has 1 N–H and O–H groups in total. The predicted octanol–water partition coefficient (Wildman–Crippen LogP) is 2.27. The van der Waals surface area contributed by atoms with Crippen molar-refractivity contribution in [1.82, 2.24) is 15.1 Å². The standard InChI is InChI=1S/C23H31N3O5/c1-23(13-12-18-10-6-5-7-11-18)21(29)26(22(30)24-23)16-20(28)31-17-19(27)25-14-8-3-2-4-9-15-25/h5-7,10-11H,2-4,8-9,12-17H2,1H3,(H,24,30)/t23-/m0/s1. The fourth-order valence-electron chi connectivity index (χ4n) is 4.00. The Hall–Kier alpha value is -2.90. The number of carbonyl (C=O) groups is 4. The first-order valence-corrected chi connectivity index (χ1v) is 11.0. The minimum Gasteiger partial charge on any atom is -0.454 e. The van der Waals surface area contributed by atoms with Gasteiger partial charge in [0.2, 0.25) is 0 Å². The van der Waals surface area contributed by atoms with Crippen LogP contribution in [0.25, 0.3) is 0 Å². The lowest BCUT2D eigenvalue weighted by Gasteiger charge is -2.24. The Kier molecular flexibility index (Phi) is 7.65. The molecule has 2 saturated heterocycles. The van der Waals surface area contributed by atoms with E-state index >= 15 is 0 Å². The van der Waals surface area contributed by atoms with Crippen molar-refractivity contribution in [1.29, 1.82) is 0 Å². The van der Waals surface area contributed by atoms with Crippen molar-refractivity contribution in [2.45, 2.75) is 57.4 Å². The number of hydrogen-bond acceptors (Lipinski definition) is 5. The molecule has 8 heteroatoms. The van der Waals surface area contributed by atoms with E-state index in [-0.39, 0.29) is 12.5 Å². The highest BCUT2D eigenvalue weighted by molar-refractivity contribution is 6.08. The van der Waals surface area contributed by atoms with Crippen LogP contribution in [0.5, 0.6) is 0 Å². The van der Waals surface area contributed by atoms with Gasteiger partial charge in [0.1, 0.15) is 12.1 Å². The molecule has 0 aromatic heterocycles. The summed E-state index contributed by atoms with van der Waals surface area (Å²) in [5.41, 5.74) is -0.0144. The number of benzene rings is 1. The molecule has 31 heavy (non-hydrogen) atoms. The number of rotatable bonds is 7. The number of nitrogens with one attached hydrogen (secondary N) is 1. The molecule has 4 amide bonds.